The van der Waals surface area contributed by atoms with Gasteiger partial charge in [-0.2, -0.15) is 4.37 Å². The Morgan fingerprint density at radius 3 is 3.31 bits per heavy atom. The third-order valence-corrected chi connectivity index (χ3v) is 4.40. The fourth-order valence-corrected chi connectivity index (χ4v) is 3.28. The highest BCUT2D eigenvalue weighted by molar-refractivity contribution is 8.00. The number of nitrogens with zero attached hydrogens (tertiary/aromatic N) is 2. The van der Waals surface area contributed by atoms with Crippen LogP contribution in [0.3, 0.4) is 0 Å². The van der Waals surface area contributed by atoms with E-state index in [0.717, 1.165) is 28.9 Å². The predicted molar refractivity (Wildman–Crippen MR) is 65.2 cm³/mol. The van der Waals surface area contributed by atoms with Gasteiger partial charge in [0.15, 0.2) is 4.34 Å². The van der Waals surface area contributed by atoms with Crippen molar-refractivity contribution in [3.63, 3.8) is 0 Å². The van der Waals surface area contributed by atoms with Gasteiger partial charge in [0.25, 0.3) is 0 Å². The lowest BCUT2D eigenvalue weighted by atomic mass is 10.3. The topological polar surface area (TPSA) is 44.2 Å². The first kappa shape index (κ1) is 12.3. The molecule has 2 heterocycles. The first-order valence-electron chi connectivity index (χ1n) is 5.44. The van der Waals surface area contributed by atoms with E-state index in [2.05, 4.69) is 9.36 Å². The molecule has 0 radical (unpaired) electrons. The molecule has 0 saturated carbocycles. The van der Waals surface area contributed by atoms with Crippen LogP contribution in [0.25, 0.3) is 0 Å². The molecule has 0 amide bonds. The second kappa shape index (κ2) is 6.54. The van der Waals surface area contributed by atoms with Crippen LogP contribution in [0.15, 0.2) is 4.34 Å². The van der Waals surface area contributed by atoms with Crippen molar-refractivity contribution in [1.82, 2.24) is 9.36 Å². The summed E-state index contributed by atoms with van der Waals surface area (Å²) < 4.78 is 15.9. The van der Waals surface area contributed by atoms with E-state index >= 15 is 0 Å². The Kier molecular flexibility index (Phi) is 5.02. The minimum atomic E-state index is 0.413. The maximum Gasteiger partial charge on any atom is 0.170 e. The molecule has 90 valence electrons. The molecule has 1 fully saturated rings. The normalized spacial score (nSPS) is 20.4. The fraction of sp³-hybridized carbons (Fsp3) is 0.800. The van der Waals surface area contributed by atoms with Crippen LogP contribution in [0.1, 0.15) is 18.7 Å². The second-order valence-corrected chi connectivity index (χ2v) is 5.68. The van der Waals surface area contributed by atoms with Crippen molar-refractivity contribution < 1.29 is 9.47 Å². The molecule has 0 aromatic carbocycles. The molecule has 2 rings (SSSR count). The average Bonchev–Trinajstić information content (AvgIpc) is 2.95. The zero-order valence-corrected chi connectivity index (χ0v) is 11.0. The van der Waals surface area contributed by atoms with Gasteiger partial charge in [-0.1, -0.05) is 11.8 Å². The predicted octanol–water partition coefficient (Wildman–Crippen LogP) is 2.00. The quantitative estimate of drug-likeness (QED) is 0.732. The van der Waals surface area contributed by atoms with Crippen molar-refractivity contribution in [3.05, 3.63) is 5.82 Å². The van der Waals surface area contributed by atoms with Crippen LogP contribution in [0, 0.1) is 0 Å². The van der Waals surface area contributed by atoms with Crippen molar-refractivity contribution in [2.75, 3.05) is 26.1 Å². The third-order valence-electron chi connectivity index (χ3n) is 2.40. The van der Waals surface area contributed by atoms with E-state index in [-0.39, 0.29) is 0 Å². The Labute approximate surface area is 104 Å². The highest BCUT2D eigenvalue weighted by Gasteiger charge is 2.16. The van der Waals surface area contributed by atoms with Gasteiger partial charge in [0.05, 0.1) is 12.7 Å². The molecular formula is C10H16N2O2S2. The maximum absolute atomic E-state index is 5.56. The van der Waals surface area contributed by atoms with Gasteiger partial charge in [0, 0.05) is 25.9 Å². The maximum atomic E-state index is 5.56. The zero-order valence-electron chi connectivity index (χ0n) is 9.35. The Bertz CT molecular complexity index is 314. The molecule has 0 bridgehead atoms. The molecule has 1 aliphatic rings. The van der Waals surface area contributed by atoms with Gasteiger partial charge in [-0.05, 0) is 24.4 Å². The van der Waals surface area contributed by atoms with E-state index in [9.17, 15) is 0 Å². The SMILES string of the molecule is COCCc1nsc(SCC2CCCO2)n1. The lowest BCUT2D eigenvalue weighted by molar-refractivity contribution is 0.129. The highest BCUT2D eigenvalue weighted by Crippen LogP contribution is 2.25. The first-order valence-corrected chi connectivity index (χ1v) is 7.20. The second-order valence-electron chi connectivity index (χ2n) is 3.67. The van der Waals surface area contributed by atoms with Gasteiger partial charge in [-0.3, -0.25) is 0 Å². The average molecular weight is 260 g/mol. The van der Waals surface area contributed by atoms with Crippen LogP contribution in [-0.4, -0.2) is 41.5 Å². The molecule has 1 atom stereocenters. The van der Waals surface area contributed by atoms with Crippen molar-refractivity contribution >= 4 is 23.3 Å². The molecule has 6 heteroatoms. The van der Waals surface area contributed by atoms with Gasteiger partial charge in [0.2, 0.25) is 0 Å². The number of ether oxygens (including phenoxy) is 2. The van der Waals surface area contributed by atoms with Crippen LogP contribution in [0.2, 0.25) is 0 Å². The van der Waals surface area contributed by atoms with Gasteiger partial charge in [-0.15, -0.1) is 0 Å². The number of hydrogen-bond donors (Lipinski definition) is 0. The smallest absolute Gasteiger partial charge is 0.170 e. The van der Waals surface area contributed by atoms with Crippen molar-refractivity contribution in [3.8, 4) is 0 Å². The van der Waals surface area contributed by atoms with Gasteiger partial charge in [-0.25, -0.2) is 4.98 Å². The van der Waals surface area contributed by atoms with E-state index in [1.165, 1.54) is 24.4 Å². The fourth-order valence-electron chi connectivity index (χ4n) is 1.53. The summed E-state index contributed by atoms with van der Waals surface area (Å²) in [6, 6.07) is 0. The minimum Gasteiger partial charge on any atom is -0.384 e. The molecule has 0 N–H and O–H groups in total. The minimum absolute atomic E-state index is 0.413. The standard InChI is InChI=1S/C10H16N2O2S2/c1-13-6-4-9-11-10(16-12-9)15-7-8-3-2-5-14-8/h8H,2-7H2,1H3. The molecule has 1 aromatic heterocycles. The van der Waals surface area contributed by atoms with E-state index < -0.39 is 0 Å². The van der Waals surface area contributed by atoms with Crippen LogP contribution in [0.5, 0.6) is 0 Å². The molecule has 0 aliphatic carbocycles. The molecule has 4 nitrogen and oxygen atoms in total. The van der Waals surface area contributed by atoms with Gasteiger partial charge in [0.1, 0.15) is 5.82 Å². The summed E-state index contributed by atoms with van der Waals surface area (Å²) in [6.07, 6.45) is 3.59. The summed E-state index contributed by atoms with van der Waals surface area (Å²) >= 11 is 3.23. The molecule has 1 aliphatic heterocycles. The van der Waals surface area contributed by atoms with Crippen molar-refractivity contribution in [1.29, 1.82) is 0 Å². The lowest BCUT2D eigenvalue weighted by Crippen LogP contribution is -2.07. The third kappa shape index (κ3) is 3.69. The largest absolute Gasteiger partial charge is 0.384 e. The Morgan fingerprint density at radius 1 is 1.62 bits per heavy atom. The van der Waals surface area contributed by atoms with Crippen LogP contribution in [-0.2, 0) is 15.9 Å². The Morgan fingerprint density at radius 2 is 2.56 bits per heavy atom. The number of methoxy groups -OCH3 is 1. The number of aromatic nitrogens is 2. The molecule has 0 spiro atoms. The summed E-state index contributed by atoms with van der Waals surface area (Å²) in [4.78, 5) is 4.44. The Hall–Kier alpha value is -0.170. The zero-order chi connectivity index (χ0) is 11.2. The van der Waals surface area contributed by atoms with Crippen LogP contribution in [0.4, 0.5) is 0 Å². The van der Waals surface area contributed by atoms with E-state index in [1.807, 2.05) is 0 Å². The molecule has 1 aromatic rings. The number of thioether (sulfide) groups is 1. The van der Waals surface area contributed by atoms with E-state index in [1.54, 1.807) is 18.9 Å². The van der Waals surface area contributed by atoms with Gasteiger partial charge >= 0.3 is 0 Å². The highest BCUT2D eigenvalue weighted by atomic mass is 32.2. The summed E-state index contributed by atoms with van der Waals surface area (Å²) in [7, 11) is 1.69. The number of hydrogen-bond acceptors (Lipinski definition) is 6. The molecule has 1 saturated heterocycles. The summed E-state index contributed by atoms with van der Waals surface area (Å²) in [5.41, 5.74) is 0. The van der Waals surface area contributed by atoms with Crippen LogP contribution < -0.4 is 0 Å². The summed E-state index contributed by atoms with van der Waals surface area (Å²) in [5, 5.41) is 0. The van der Waals surface area contributed by atoms with Crippen molar-refractivity contribution in [2.24, 2.45) is 0 Å². The molecule has 1 unspecified atom stereocenters. The summed E-state index contributed by atoms with van der Waals surface area (Å²) in [6.45, 7) is 1.60. The first-order chi connectivity index (χ1) is 7.88. The summed E-state index contributed by atoms with van der Waals surface area (Å²) in [5.74, 6) is 1.89. The molecule has 16 heavy (non-hydrogen) atoms. The van der Waals surface area contributed by atoms with Crippen LogP contribution >= 0.6 is 23.3 Å². The Balaban J connectivity index is 1.73. The van der Waals surface area contributed by atoms with Crippen molar-refractivity contribution in [2.45, 2.75) is 29.7 Å². The monoisotopic (exact) mass is 260 g/mol. The van der Waals surface area contributed by atoms with Gasteiger partial charge < -0.3 is 9.47 Å². The van der Waals surface area contributed by atoms with E-state index in [4.69, 9.17) is 9.47 Å². The lowest BCUT2D eigenvalue weighted by Gasteiger charge is -2.05. The molecular weight excluding hydrogens is 244 g/mol. The van der Waals surface area contributed by atoms with E-state index in [0.29, 0.717) is 12.7 Å². The number of rotatable bonds is 6.